The molecule has 1 heterocycles. The zero-order valence-corrected chi connectivity index (χ0v) is 8.90. The molecule has 0 aromatic carbocycles. The van der Waals surface area contributed by atoms with Crippen molar-refractivity contribution in [1.29, 1.82) is 0 Å². The maximum absolute atomic E-state index is 12.1. The normalized spacial score (nSPS) is 12.1. The Morgan fingerprint density at radius 1 is 1.40 bits per heavy atom. The van der Waals surface area contributed by atoms with E-state index in [1.165, 1.54) is 4.57 Å². The first kappa shape index (κ1) is 12.3. The highest BCUT2D eigenvalue weighted by Crippen LogP contribution is 2.35. The first-order chi connectivity index (χ1) is 6.98. The fourth-order valence-corrected chi connectivity index (χ4v) is 1.69. The van der Waals surface area contributed by atoms with Gasteiger partial charge in [-0.25, -0.2) is 0 Å². The molecule has 0 atom stereocenters. The molecule has 0 aliphatic carbocycles. The van der Waals surface area contributed by atoms with Crippen LogP contribution in [0.3, 0.4) is 0 Å². The van der Waals surface area contributed by atoms with Crippen LogP contribution >= 0.6 is 11.8 Å². The van der Waals surface area contributed by atoms with Crippen LogP contribution in [-0.2, 0) is 13.1 Å². The minimum atomic E-state index is -4.34. The lowest BCUT2D eigenvalue weighted by molar-refractivity contribution is -0.0332. The highest BCUT2D eigenvalue weighted by molar-refractivity contribution is 8.00. The molecular weight excluding hydrogens is 229 g/mol. The molecule has 0 bridgehead atoms. The van der Waals surface area contributed by atoms with Gasteiger partial charge in [0.15, 0.2) is 5.16 Å². The lowest BCUT2D eigenvalue weighted by Crippen LogP contribution is -2.11. The molecule has 86 valence electrons. The van der Waals surface area contributed by atoms with E-state index < -0.39 is 5.51 Å². The standard InChI is InChI=1S/C7H11F3N4S/c1-2-3-14-5(4-11)12-13-6(14)15-7(8,9)10/h2-4,11H2,1H3. The molecule has 0 saturated heterocycles. The monoisotopic (exact) mass is 240 g/mol. The number of nitrogens with two attached hydrogens (primary N) is 1. The van der Waals surface area contributed by atoms with E-state index in [1.807, 2.05) is 6.92 Å². The Morgan fingerprint density at radius 3 is 2.53 bits per heavy atom. The van der Waals surface area contributed by atoms with Gasteiger partial charge in [-0.1, -0.05) is 6.92 Å². The van der Waals surface area contributed by atoms with E-state index in [4.69, 9.17) is 5.73 Å². The van der Waals surface area contributed by atoms with Gasteiger partial charge in [0.2, 0.25) is 0 Å². The fourth-order valence-electron chi connectivity index (χ4n) is 1.10. The van der Waals surface area contributed by atoms with Gasteiger partial charge in [0.25, 0.3) is 0 Å². The molecule has 0 saturated carbocycles. The van der Waals surface area contributed by atoms with Crippen molar-refractivity contribution in [2.75, 3.05) is 0 Å². The highest BCUT2D eigenvalue weighted by Gasteiger charge is 2.32. The van der Waals surface area contributed by atoms with Crippen molar-refractivity contribution in [3.63, 3.8) is 0 Å². The van der Waals surface area contributed by atoms with Crippen molar-refractivity contribution in [1.82, 2.24) is 14.8 Å². The maximum atomic E-state index is 12.1. The lowest BCUT2D eigenvalue weighted by Gasteiger charge is -2.08. The van der Waals surface area contributed by atoms with E-state index in [-0.39, 0.29) is 23.5 Å². The van der Waals surface area contributed by atoms with Crippen LogP contribution in [0.1, 0.15) is 19.2 Å². The number of hydrogen-bond acceptors (Lipinski definition) is 4. The summed E-state index contributed by atoms with van der Waals surface area (Å²) in [6, 6.07) is 0. The van der Waals surface area contributed by atoms with Crippen molar-refractivity contribution in [2.45, 2.75) is 37.1 Å². The van der Waals surface area contributed by atoms with Gasteiger partial charge in [-0.05, 0) is 6.42 Å². The molecule has 0 aliphatic heterocycles. The molecule has 0 amide bonds. The van der Waals surface area contributed by atoms with Gasteiger partial charge in [-0.3, -0.25) is 0 Å². The summed E-state index contributed by atoms with van der Waals surface area (Å²) in [5.41, 5.74) is 1.00. The van der Waals surface area contributed by atoms with Crippen LogP contribution in [0.15, 0.2) is 5.16 Å². The van der Waals surface area contributed by atoms with E-state index in [0.29, 0.717) is 18.8 Å². The zero-order chi connectivity index (χ0) is 11.5. The Morgan fingerprint density at radius 2 is 2.07 bits per heavy atom. The molecule has 0 fully saturated rings. The molecule has 0 spiro atoms. The predicted molar refractivity (Wildman–Crippen MR) is 50.1 cm³/mol. The predicted octanol–water partition coefficient (Wildman–Crippen LogP) is 1.76. The second-order valence-electron chi connectivity index (χ2n) is 2.80. The summed E-state index contributed by atoms with van der Waals surface area (Å²) in [4.78, 5) is 0. The van der Waals surface area contributed by atoms with Crippen molar-refractivity contribution < 1.29 is 13.2 Å². The average molecular weight is 240 g/mol. The summed E-state index contributed by atoms with van der Waals surface area (Å²) in [5.74, 6) is 0.378. The van der Waals surface area contributed by atoms with Crippen molar-refractivity contribution in [2.24, 2.45) is 5.73 Å². The molecule has 2 N–H and O–H groups in total. The van der Waals surface area contributed by atoms with Gasteiger partial charge in [-0.2, -0.15) is 13.2 Å². The van der Waals surface area contributed by atoms with Gasteiger partial charge in [-0.15, -0.1) is 10.2 Å². The summed E-state index contributed by atoms with van der Waals surface area (Å²) in [6.07, 6.45) is 0.705. The van der Waals surface area contributed by atoms with Gasteiger partial charge in [0.05, 0.1) is 6.54 Å². The van der Waals surface area contributed by atoms with Crippen molar-refractivity contribution in [3.8, 4) is 0 Å². The van der Waals surface area contributed by atoms with Crippen LogP contribution in [0.2, 0.25) is 0 Å². The SMILES string of the molecule is CCCn1c(CN)nnc1SC(F)(F)F. The first-order valence-electron chi connectivity index (χ1n) is 4.35. The molecule has 0 radical (unpaired) electrons. The number of rotatable bonds is 4. The second-order valence-corrected chi connectivity index (χ2v) is 3.83. The summed E-state index contributed by atoms with van der Waals surface area (Å²) >= 11 is -0.263. The Bertz CT molecular complexity index is 323. The van der Waals surface area contributed by atoms with E-state index in [1.54, 1.807) is 0 Å². The Balaban J connectivity index is 2.91. The van der Waals surface area contributed by atoms with E-state index in [2.05, 4.69) is 10.2 Å². The Hall–Kier alpha value is -0.760. The molecule has 4 nitrogen and oxygen atoms in total. The number of halogens is 3. The molecule has 0 unspecified atom stereocenters. The number of nitrogens with zero attached hydrogens (tertiary/aromatic N) is 3. The van der Waals surface area contributed by atoms with Crippen LogP contribution in [0.25, 0.3) is 0 Å². The summed E-state index contributed by atoms with van der Waals surface area (Å²) in [7, 11) is 0. The van der Waals surface area contributed by atoms with Crippen LogP contribution in [-0.4, -0.2) is 20.3 Å². The number of alkyl halides is 3. The van der Waals surface area contributed by atoms with Crippen LogP contribution in [0.5, 0.6) is 0 Å². The molecule has 1 aromatic heterocycles. The molecule has 1 rings (SSSR count). The summed E-state index contributed by atoms with van der Waals surface area (Å²) < 4.78 is 37.8. The third-order valence-corrected chi connectivity index (χ3v) is 2.35. The third kappa shape index (κ3) is 3.38. The van der Waals surface area contributed by atoms with Gasteiger partial charge in [0.1, 0.15) is 5.82 Å². The fraction of sp³-hybridized carbons (Fsp3) is 0.714. The van der Waals surface area contributed by atoms with Crippen molar-refractivity contribution in [3.05, 3.63) is 5.82 Å². The second kappa shape index (κ2) is 4.84. The molecule has 1 aromatic rings. The largest absolute Gasteiger partial charge is 0.449 e. The van der Waals surface area contributed by atoms with E-state index in [0.717, 1.165) is 0 Å². The van der Waals surface area contributed by atoms with Crippen LogP contribution in [0.4, 0.5) is 13.2 Å². The average Bonchev–Trinajstić information content (AvgIpc) is 2.47. The molecule has 8 heteroatoms. The topological polar surface area (TPSA) is 56.7 Å². The quantitative estimate of drug-likeness (QED) is 0.815. The molecule has 15 heavy (non-hydrogen) atoms. The number of hydrogen-bond donors (Lipinski definition) is 1. The van der Waals surface area contributed by atoms with Gasteiger partial charge < -0.3 is 10.3 Å². The molecular formula is C7H11F3N4S. The Labute approximate surface area is 89.0 Å². The van der Waals surface area contributed by atoms with E-state index >= 15 is 0 Å². The highest BCUT2D eigenvalue weighted by atomic mass is 32.2. The molecule has 0 aliphatic rings. The van der Waals surface area contributed by atoms with E-state index in [9.17, 15) is 13.2 Å². The van der Waals surface area contributed by atoms with Crippen molar-refractivity contribution >= 4 is 11.8 Å². The summed E-state index contributed by atoms with van der Waals surface area (Å²) in [6.45, 7) is 2.39. The maximum Gasteiger partial charge on any atom is 0.449 e. The summed E-state index contributed by atoms with van der Waals surface area (Å²) in [5, 5.41) is 6.92. The third-order valence-electron chi connectivity index (χ3n) is 1.63. The van der Waals surface area contributed by atoms with Crippen LogP contribution < -0.4 is 5.73 Å². The van der Waals surface area contributed by atoms with Gasteiger partial charge >= 0.3 is 5.51 Å². The number of thioether (sulfide) groups is 1. The van der Waals surface area contributed by atoms with Crippen LogP contribution in [0, 0.1) is 0 Å². The Kier molecular flexibility index (Phi) is 3.97. The number of aromatic nitrogens is 3. The van der Waals surface area contributed by atoms with Gasteiger partial charge in [0, 0.05) is 18.3 Å². The lowest BCUT2D eigenvalue weighted by atomic mass is 10.4. The zero-order valence-electron chi connectivity index (χ0n) is 8.08. The minimum Gasteiger partial charge on any atom is -0.324 e. The first-order valence-corrected chi connectivity index (χ1v) is 5.17. The minimum absolute atomic E-state index is 0.0887. The smallest absolute Gasteiger partial charge is 0.324 e.